The van der Waals surface area contributed by atoms with Crippen LogP contribution in [0.15, 0.2) is 41.7 Å². The Hall–Kier alpha value is -2.25. The average Bonchev–Trinajstić information content (AvgIpc) is 3.17. The molecule has 9 heteroatoms. The first-order chi connectivity index (χ1) is 13.1. The molecule has 27 heavy (non-hydrogen) atoms. The summed E-state index contributed by atoms with van der Waals surface area (Å²) in [5.74, 6) is 0.526. The van der Waals surface area contributed by atoms with Crippen molar-refractivity contribution in [3.8, 4) is 0 Å². The smallest absolute Gasteiger partial charge is 0.251 e. The third kappa shape index (κ3) is 7.48. The topological polar surface area (TPSA) is 83.3 Å². The van der Waals surface area contributed by atoms with Crippen LogP contribution >= 0.6 is 23.2 Å². The number of carbonyl (C=O) groups is 1. The fraction of sp³-hybridized carbons (Fsp3) is 0.389. The largest absolute Gasteiger partial charge is 0.357 e. The number of nitrogens with one attached hydrogen (secondary N) is 3. The summed E-state index contributed by atoms with van der Waals surface area (Å²) in [6.07, 6.45) is 4.59. The van der Waals surface area contributed by atoms with Gasteiger partial charge in [-0.05, 0) is 37.6 Å². The molecule has 0 fully saturated rings. The Morgan fingerprint density at radius 3 is 2.70 bits per heavy atom. The summed E-state index contributed by atoms with van der Waals surface area (Å²) in [5, 5.41) is 14.2. The van der Waals surface area contributed by atoms with E-state index in [1.807, 2.05) is 23.9 Å². The van der Waals surface area contributed by atoms with Crippen molar-refractivity contribution >= 4 is 35.1 Å². The van der Waals surface area contributed by atoms with Gasteiger partial charge in [-0.25, -0.2) is 0 Å². The highest BCUT2D eigenvalue weighted by molar-refractivity contribution is 6.42. The number of hydrogen-bond acceptors (Lipinski definition) is 3. The van der Waals surface area contributed by atoms with Crippen molar-refractivity contribution in [2.75, 3.05) is 26.2 Å². The maximum Gasteiger partial charge on any atom is 0.251 e. The van der Waals surface area contributed by atoms with Crippen LogP contribution < -0.4 is 16.0 Å². The molecular weight excluding hydrogens is 387 g/mol. The molecule has 0 bridgehead atoms. The van der Waals surface area contributed by atoms with Gasteiger partial charge >= 0.3 is 0 Å². The van der Waals surface area contributed by atoms with Gasteiger partial charge in [-0.15, -0.1) is 0 Å². The zero-order valence-corrected chi connectivity index (χ0v) is 16.7. The summed E-state index contributed by atoms with van der Waals surface area (Å²) in [7, 11) is 0. The van der Waals surface area contributed by atoms with E-state index in [-0.39, 0.29) is 5.91 Å². The number of amides is 1. The lowest BCUT2D eigenvalue weighted by atomic mass is 10.2. The number of aliphatic imine (C=N–C) groups is 1. The molecule has 0 aliphatic carbocycles. The van der Waals surface area contributed by atoms with Gasteiger partial charge in [0.2, 0.25) is 0 Å². The molecule has 7 nitrogen and oxygen atoms in total. The minimum Gasteiger partial charge on any atom is -0.357 e. The third-order valence-electron chi connectivity index (χ3n) is 3.60. The first kappa shape index (κ1) is 21.1. The van der Waals surface area contributed by atoms with Gasteiger partial charge in [0.25, 0.3) is 5.91 Å². The highest BCUT2D eigenvalue weighted by atomic mass is 35.5. The van der Waals surface area contributed by atoms with E-state index in [0.717, 1.165) is 25.5 Å². The molecule has 0 aliphatic rings. The number of aryl methyl sites for hydroxylation is 1. The lowest BCUT2D eigenvalue weighted by molar-refractivity contribution is 0.0954. The predicted octanol–water partition coefficient (Wildman–Crippen LogP) is 2.57. The van der Waals surface area contributed by atoms with E-state index in [4.69, 9.17) is 23.2 Å². The van der Waals surface area contributed by atoms with Gasteiger partial charge in [0, 0.05) is 50.7 Å². The van der Waals surface area contributed by atoms with E-state index in [1.165, 1.54) is 0 Å². The Morgan fingerprint density at radius 1 is 1.19 bits per heavy atom. The molecule has 0 saturated carbocycles. The van der Waals surface area contributed by atoms with E-state index < -0.39 is 0 Å². The van der Waals surface area contributed by atoms with Crippen LogP contribution in [0.25, 0.3) is 0 Å². The summed E-state index contributed by atoms with van der Waals surface area (Å²) in [4.78, 5) is 16.6. The van der Waals surface area contributed by atoms with E-state index in [9.17, 15) is 4.79 Å². The van der Waals surface area contributed by atoms with Crippen LogP contribution in [0, 0.1) is 0 Å². The first-order valence-electron chi connectivity index (χ1n) is 8.83. The number of nitrogens with zero attached hydrogens (tertiary/aromatic N) is 3. The molecule has 0 saturated heterocycles. The summed E-state index contributed by atoms with van der Waals surface area (Å²) < 4.78 is 1.88. The fourth-order valence-corrected chi connectivity index (χ4v) is 2.59. The standard InChI is InChI=1S/C18H24Cl2N6O/c1-2-21-18(23-7-3-11-26-12-4-8-25-26)24-10-9-22-17(27)14-5-6-15(19)16(20)13-14/h4-6,8,12-13H,2-3,7,9-11H2,1H3,(H,22,27)(H2,21,23,24). The Labute approximate surface area is 169 Å². The maximum absolute atomic E-state index is 12.1. The average molecular weight is 411 g/mol. The SMILES string of the molecule is CCNC(=NCCCn1cccn1)NCCNC(=O)c1ccc(Cl)c(Cl)c1. The molecule has 1 aromatic carbocycles. The van der Waals surface area contributed by atoms with Gasteiger partial charge < -0.3 is 16.0 Å². The predicted molar refractivity (Wildman–Crippen MR) is 110 cm³/mol. The van der Waals surface area contributed by atoms with E-state index >= 15 is 0 Å². The molecule has 3 N–H and O–H groups in total. The third-order valence-corrected chi connectivity index (χ3v) is 4.34. The second-order valence-electron chi connectivity index (χ2n) is 5.69. The molecule has 0 atom stereocenters. The summed E-state index contributed by atoms with van der Waals surface area (Å²) >= 11 is 11.8. The van der Waals surface area contributed by atoms with Gasteiger partial charge in [0.1, 0.15) is 0 Å². The van der Waals surface area contributed by atoms with Crippen molar-refractivity contribution in [3.05, 3.63) is 52.3 Å². The highest BCUT2D eigenvalue weighted by Crippen LogP contribution is 2.22. The molecule has 1 amide bonds. The first-order valence-corrected chi connectivity index (χ1v) is 9.58. The van der Waals surface area contributed by atoms with Crippen molar-refractivity contribution in [2.45, 2.75) is 19.9 Å². The molecule has 1 aromatic heterocycles. The van der Waals surface area contributed by atoms with Crippen LogP contribution in [-0.4, -0.2) is 47.8 Å². The second kappa shape index (κ2) is 11.5. The van der Waals surface area contributed by atoms with Crippen LogP contribution in [0.3, 0.4) is 0 Å². The Morgan fingerprint density at radius 2 is 2.00 bits per heavy atom. The Bertz CT molecular complexity index is 748. The van der Waals surface area contributed by atoms with Gasteiger partial charge in [-0.3, -0.25) is 14.5 Å². The minimum absolute atomic E-state index is 0.198. The molecule has 0 unspecified atom stereocenters. The van der Waals surface area contributed by atoms with Crippen molar-refractivity contribution < 1.29 is 4.79 Å². The number of guanidine groups is 1. The highest BCUT2D eigenvalue weighted by Gasteiger charge is 2.07. The van der Waals surface area contributed by atoms with E-state index in [0.29, 0.717) is 35.2 Å². The minimum atomic E-state index is -0.198. The maximum atomic E-state index is 12.1. The Balaban J connectivity index is 1.70. The van der Waals surface area contributed by atoms with Gasteiger partial charge in [0.05, 0.1) is 10.0 Å². The van der Waals surface area contributed by atoms with Crippen molar-refractivity contribution in [2.24, 2.45) is 4.99 Å². The lowest BCUT2D eigenvalue weighted by Gasteiger charge is -2.12. The molecule has 146 valence electrons. The molecular formula is C18H24Cl2N6O. The molecule has 2 aromatic rings. The summed E-state index contributed by atoms with van der Waals surface area (Å²) in [6, 6.07) is 6.71. The fourth-order valence-electron chi connectivity index (χ4n) is 2.29. The number of benzene rings is 1. The second-order valence-corrected chi connectivity index (χ2v) is 6.51. The van der Waals surface area contributed by atoms with Gasteiger partial charge in [-0.1, -0.05) is 23.2 Å². The quantitative estimate of drug-likeness (QED) is 0.337. The monoisotopic (exact) mass is 410 g/mol. The number of halogens is 2. The lowest BCUT2D eigenvalue weighted by Crippen LogP contribution is -2.41. The number of carbonyl (C=O) groups excluding carboxylic acids is 1. The Kier molecular flexibility index (Phi) is 8.94. The zero-order chi connectivity index (χ0) is 19.5. The van der Waals surface area contributed by atoms with Crippen molar-refractivity contribution in [1.29, 1.82) is 0 Å². The zero-order valence-electron chi connectivity index (χ0n) is 15.2. The molecule has 2 rings (SSSR count). The summed E-state index contributed by atoms with van der Waals surface area (Å²) in [6.45, 7) is 5.29. The van der Waals surface area contributed by atoms with Crippen LogP contribution in [0.2, 0.25) is 10.0 Å². The molecule has 0 spiro atoms. The van der Waals surface area contributed by atoms with Gasteiger partial charge in [-0.2, -0.15) is 5.10 Å². The van der Waals surface area contributed by atoms with Crippen LogP contribution in [0.1, 0.15) is 23.7 Å². The van der Waals surface area contributed by atoms with E-state index in [1.54, 1.807) is 24.4 Å². The molecule has 1 heterocycles. The molecule has 0 aliphatic heterocycles. The van der Waals surface area contributed by atoms with Crippen LogP contribution in [-0.2, 0) is 6.54 Å². The summed E-state index contributed by atoms with van der Waals surface area (Å²) in [5.41, 5.74) is 0.476. The van der Waals surface area contributed by atoms with Crippen LogP contribution in [0.5, 0.6) is 0 Å². The van der Waals surface area contributed by atoms with Crippen molar-refractivity contribution in [3.63, 3.8) is 0 Å². The number of aromatic nitrogens is 2. The van der Waals surface area contributed by atoms with Crippen molar-refractivity contribution in [1.82, 2.24) is 25.7 Å². The van der Waals surface area contributed by atoms with Gasteiger partial charge in [0.15, 0.2) is 5.96 Å². The normalized spacial score (nSPS) is 11.3. The van der Waals surface area contributed by atoms with E-state index in [2.05, 4.69) is 26.0 Å². The number of rotatable bonds is 9. The number of hydrogen-bond donors (Lipinski definition) is 3. The van der Waals surface area contributed by atoms with Crippen LogP contribution in [0.4, 0.5) is 0 Å². The molecule has 0 radical (unpaired) electrons.